The molecule has 2 saturated carbocycles. The molecular weight excluding hydrogens is 412 g/mol. The van der Waals surface area contributed by atoms with Crippen molar-refractivity contribution < 1.29 is 14.4 Å². The van der Waals surface area contributed by atoms with Crippen LogP contribution in [0.4, 0.5) is 0 Å². The lowest BCUT2D eigenvalue weighted by atomic mass is 9.48. The SMILES string of the molecule is CCN1C(=O)CC[C@@]2(C)C1=CC[C@H]1[C@@H]3CC[C@H]([C@H](C)CCCC(=O)N(C)C)[C@@]3(C)C(=O)C[C@@H]12. The molecular formula is C28H44N2O3. The van der Waals surface area contributed by atoms with Gasteiger partial charge in [0.2, 0.25) is 11.8 Å². The Morgan fingerprint density at radius 3 is 2.61 bits per heavy atom. The Balaban J connectivity index is 1.53. The molecule has 0 unspecified atom stereocenters. The molecule has 0 bridgehead atoms. The van der Waals surface area contributed by atoms with E-state index in [1.54, 1.807) is 4.90 Å². The van der Waals surface area contributed by atoms with Gasteiger partial charge in [0.15, 0.2) is 0 Å². The highest BCUT2D eigenvalue weighted by Crippen LogP contribution is 2.66. The third-order valence-corrected chi connectivity index (χ3v) is 10.4. The van der Waals surface area contributed by atoms with Crippen molar-refractivity contribution in [3.8, 4) is 0 Å². The van der Waals surface area contributed by atoms with Crippen LogP contribution in [0.25, 0.3) is 0 Å². The number of ketones is 1. The molecule has 1 aliphatic heterocycles. The third-order valence-electron chi connectivity index (χ3n) is 10.4. The number of piperidine rings is 1. The van der Waals surface area contributed by atoms with E-state index in [4.69, 9.17) is 0 Å². The molecule has 2 amide bonds. The van der Waals surface area contributed by atoms with Gasteiger partial charge in [-0.05, 0) is 75.0 Å². The summed E-state index contributed by atoms with van der Waals surface area (Å²) in [7, 11) is 3.63. The van der Waals surface area contributed by atoms with Crippen LogP contribution in [0.3, 0.4) is 0 Å². The minimum absolute atomic E-state index is 0.0555. The number of amides is 2. The minimum Gasteiger partial charge on any atom is -0.349 e. The van der Waals surface area contributed by atoms with Crippen LogP contribution in [0.5, 0.6) is 0 Å². The zero-order valence-electron chi connectivity index (χ0n) is 21.7. The lowest BCUT2D eigenvalue weighted by Gasteiger charge is -2.58. The summed E-state index contributed by atoms with van der Waals surface area (Å²) in [5.74, 6) is 3.13. The van der Waals surface area contributed by atoms with E-state index >= 15 is 0 Å². The van der Waals surface area contributed by atoms with E-state index < -0.39 is 0 Å². The molecule has 0 N–H and O–H groups in total. The Morgan fingerprint density at radius 1 is 1.21 bits per heavy atom. The molecule has 5 heteroatoms. The number of fused-ring (bicyclic) bond motifs is 5. The monoisotopic (exact) mass is 456 g/mol. The highest BCUT2D eigenvalue weighted by atomic mass is 16.2. The fourth-order valence-corrected chi connectivity index (χ4v) is 8.44. The molecule has 184 valence electrons. The molecule has 4 rings (SSSR count). The molecule has 5 nitrogen and oxygen atoms in total. The molecule has 7 atom stereocenters. The Hall–Kier alpha value is -1.65. The van der Waals surface area contributed by atoms with Gasteiger partial charge in [-0.2, -0.15) is 0 Å². The molecule has 33 heavy (non-hydrogen) atoms. The molecule has 0 aromatic carbocycles. The van der Waals surface area contributed by atoms with Crippen LogP contribution in [-0.2, 0) is 14.4 Å². The maximum absolute atomic E-state index is 13.9. The number of allylic oxidation sites excluding steroid dienone is 2. The number of likely N-dealkylation sites (tertiary alicyclic amines) is 1. The zero-order chi connectivity index (χ0) is 24.1. The van der Waals surface area contributed by atoms with E-state index in [-0.39, 0.29) is 22.6 Å². The molecule has 0 radical (unpaired) electrons. The molecule has 0 spiro atoms. The standard InChI is InChI=1S/C28H44N2O3/c1-7-30-23-14-11-19-21-13-12-20(18(2)9-8-10-25(32)29(5)6)28(21,4)24(31)17-22(19)27(23,3)16-15-26(30)33/h14,18-22H,7-13,15-17H2,1-6H3/t18-,19+,20-,21+,22+,27-,28-/m1/s1. The molecule has 3 fully saturated rings. The van der Waals surface area contributed by atoms with E-state index in [9.17, 15) is 14.4 Å². The first kappa shape index (κ1) is 24.5. The number of hydrogen-bond donors (Lipinski definition) is 0. The first-order chi connectivity index (χ1) is 15.6. The fourth-order valence-electron chi connectivity index (χ4n) is 8.44. The predicted octanol–water partition coefficient (Wildman–Crippen LogP) is 5.05. The van der Waals surface area contributed by atoms with Gasteiger partial charge in [-0.15, -0.1) is 0 Å². The van der Waals surface area contributed by atoms with Crippen LogP contribution in [0.2, 0.25) is 0 Å². The summed E-state index contributed by atoms with van der Waals surface area (Å²) in [5, 5.41) is 0. The van der Waals surface area contributed by atoms with Crippen molar-refractivity contribution in [1.29, 1.82) is 0 Å². The van der Waals surface area contributed by atoms with Gasteiger partial charge in [0.05, 0.1) is 0 Å². The number of carbonyl (C=O) groups excluding carboxylic acids is 3. The quantitative estimate of drug-likeness (QED) is 0.562. The van der Waals surface area contributed by atoms with Gasteiger partial charge in [-0.3, -0.25) is 14.4 Å². The van der Waals surface area contributed by atoms with Crippen LogP contribution < -0.4 is 0 Å². The average molecular weight is 457 g/mol. The maximum Gasteiger partial charge on any atom is 0.226 e. The van der Waals surface area contributed by atoms with Crippen LogP contribution >= 0.6 is 0 Å². The molecule has 1 saturated heterocycles. The topological polar surface area (TPSA) is 57.7 Å². The Morgan fingerprint density at radius 2 is 1.94 bits per heavy atom. The fraction of sp³-hybridized carbons (Fsp3) is 0.821. The van der Waals surface area contributed by atoms with Crippen LogP contribution in [0, 0.1) is 40.4 Å². The van der Waals surface area contributed by atoms with Crippen molar-refractivity contribution in [2.45, 2.75) is 85.5 Å². The molecule has 1 heterocycles. The van der Waals surface area contributed by atoms with E-state index in [2.05, 4.69) is 33.8 Å². The average Bonchev–Trinajstić information content (AvgIpc) is 3.13. The van der Waals surface area contributed by atoms with Crippen molar-refractivity contribution in [3.63, 3.8) is 0 Å². The summed E-state index contributed by atoms with van der Waals surface area (Å²) in [5.41, 5.74) is 0.912. The lowest BCUT2D eigenvalue weighted by Crippen LogP contribution is -2.57. The van der Waals surface area contributed by atoms with Crippen molar-refractivity contribution in [1.82, 2.24) is 9.80 Å². The first-order valence-electron chi connectivity index (χ1n) is 13.3. The van der Waals surface area contributed by atoms with Crippen LogP contribution in [0.15, 0.2) is 11.8 Å². The normalized spacial score (nSPS) is 38.8. The van der Waals surface area contributed by atoms with E-state index in [0.717, 1.165) is 45.1 Å². The van der Waals surface area contributed by atoms with E-state index in [0.29, 0.717) is 54.6 Å². The Labute approximate surface area is 200 Å². The zero-order valence-corrected chi connectivity index (χ0v) is 21.7. The van der Waals surface area contributed by atoms with Crippen molar-refractivity contribution in [2.75, 3.05) is 20.6 Å². The summed E-state index contributed by atoms with van der Waals surface area (Å²) in [6.45, 7) is 9.71. The van der Waals surface area contributed by atoms with Crippen LogP contribution in [0.1, 0.15) is 85.5 Å². The molecule has 0 aromatic heterocycles. The van der Waals surface area contributed by atoms with Crippen molar-refractivity contribution >= 4 is 17.6 Å². The van der Waals surface area contributed by atoms with E-state index in [1.165, 1.54) is 5.70 Å². The number of rotatable bonds is 6. The molecule has 3 aliphatic carbocycles. The number of hydrogen-bond acceptors (Lipinski definition) is 3. The van der Waals surface area contributed by atoms with Gasteiger partial charge < -0.3 is 9.80 Å². The molecule has 4 aliphatic rings. The largest absolute Gasteiger partial charge is 0.349 e. The highest BCUT2D eigenvalue weighted by molar-refractivity contribution is 5.87. The summed E-state index contributed by atoms with van der Waals surface area (Å²) in [6, 6.07) is 0. The van der Waals surface area contributed by atoms with Gasteiger partial charge in [0.1, 0.15) is 5.78 Å². The van der Waals surface area contributed by atoms with Gasteiger partial charge in [0, 0.05) is 56.4 Å². The highest BCUT2D eigenvalue weighted by Gasteiger charge is 2.63. The van der Waals surface area contributed by atoms with Gasteiger partial charge in [-0.25, -0.2) is 0 Å². The first-order valence-corrected chi connectivity index (χ1v) is 13.3. The number of nitrogens with zero attached hydrogens (tertiary/aromatic N) is 2. The minimum atomic E-state index is -0.233. The lowest BCUT2D eigenvalue weighted by molar-refractivity contribution is -0.150. The second-order valence-electron chi connectivity index (χ2n) is 12.0. The second kappa shape index (κ2) is 8.85. The number of carbonyl (C=O) groups is 3. The Bertz CT molecular complexity index is 848. The van der Waals surface area contributed by atoms with Gasteiger partial charge in [-0.1, -0.05) is 26.8 Å². The van der Waals surface area contributed by atoms with Crippen molar-refractivity contribution in [2.24, 2.45) is 40.4 Å². The van der Waals surface area contributed by atoms with Gasteiger partial charge in [0.25, 0.3) is 0 Å². The Kier molecular flexibility index (Phi) is 6.56. The second-order valence-corrected chi connectivity index (χ2v) is 12.0. The summed E-state index contributed by atoms with van der Waals surface area (Å²) in [6.07, 6.45) is 10.3. The third kappa shape index (κ3) is 3.78. The van der Waals surface area contributed by atoms with Crippen LogP contribution in [-0.4, -0.2) is 48.0 Å². The smallest absolute Gasteiger partial charge is 0.226 e. The number of Topliss-reactive ketones (excluding diaryl/α,β-unsaturated/α-hetero) is 1. The maximum atomic E-state index is 13.9. The summed E-state index contributed by atoms with van der Waals surface area (Å²) < 4.78 is 0. The summed E-state index contributed by atoms with van der Waals surface area (Å²) >= 11 is 0. The van der Waals surface area contributed by atoms with Gasteiger partial charge >= 0.3 is 0 Å². The van der Waals surface area contributed by atoms with E-state index in [1.807, 2.05) is 19.0 Å². The predicted molar refractivity (Wildman–Crippen MR) is 130 cm³/mol. The summed E-state index contributed by atoms with van der Waals surface area (Å²) in [4.78, 5) is 42.1. The molecule has 0 aromatic rings. The van der Waals surface area contributed by atoms with Crippen molar-refractivity contribution in [3.05, 3.63) is 11.8 Å².